The van der Waals surface area contributed by atoms with Crippen molar-refractivity contribution in [2.75, 3.05) is 0 Å². The van der Waals surface area contributed by atoms with Crippen molar-refractivity contribution in [3.05, 3.63) is 146 Å². The van der Waals surface area contributed by atoms with E-state index in [4.69, 9.17) is 0 Å². The van der Waals surface area contributed by atoms with Crippen LogP contribution in [-0.2, 0) is 82.1 Å². The zero-order valence-corrected chi connectivity index (χ0v) is 31.6. The number of H-pyrrole nitrogens is 8. The van der Waals surface area contributed by atoms with Gasteiger partial charge >= 0.3 is 0 Å². The van der Waals surface area contributed by atoms with Crippen LogP contribution >= 0.6 is 0 Å². The van der Waals surface area contributed by atoms with E-state index in [2.05, 4.69) is 76.4 Å². The van der Waals surface area contributed by atoms with Crippen LogP contribution in [0.25, 0.3) is 0 Å². The quantitative estimate of drug-likeness (QED) is 0.0850. The van der Waals surface area contributed by atoms with Crippen molar-refractivity contribution < 1.29 is 36.5 Å². The average Bonchev–Trinajstić information content (AvgIpc) is 3.98. The number of nitrogens with one attached hydrogen (secondary N) is 8. The molecule has 0 aliphatic rings. The van der Waals surface area contributed by atoms with E-state index in [0.717, 1.165) is 25.7 Å². The molecular formula is C36H56N16+8. The molecule has 0 aliphatic carbocycles. The van der Waals surface area contributed by atoms with E-state index < -0.39 is 0 Å². The number of hydrogen-bond acceptors (Lipinski definition) is 0. The molecule has 0 saturated carbocycles. The first-order chi connectivity index (χ1) is 25.1. The first-order valence-corrected chi connectivity index (χ1v) is 17.2. The summed E-state index contributed by atoms with van der Waals surface area (Å²) >= 11 is 0. The number of aromatic nitrogens is 16. The number of aromatic amines is 8. The second kappa shape index (κ2) is 17.6. The summed E-state index contributed by atoms with van der Waals surface area (Å²) < 4.78 is 16.7. The molecule has 16 heteroatoms. The summed E-state index contributed by atoms with van der Waals surface area (Å²) in [5.74, 6) is 9.54. The van der Waals surface area contributed by atoms with E-state index in [1.54, 1.807) is 0 Å². The van der Waals surface area contributed by atoms with Crippen molar-refractivity contribution in [2.45, 2.75) is 25.7 Å². The van der Waals surface area contributed by atoms with E-state index in [9.17, 15) is 0 Å². The van der Waals surface area contributed by atoms with Gasteiger partial charge in [0, 0.05) is 0 Å². The lowest BCUT2D eigenvalue weighted by Gasteiger charge is -1.91. The van der Waals surface area contributed by atoms with Gasteiger partial charge in [-0.1, -0.05) is 0 Å². The third-order valence-corrected chi connectivity index (χ3v) is 9.13. The van der Waals surface area contributed by atoms with Gasteiger partial charge in [-0.25, -0.2) is 76.4 Å². The van der Waals surface area contributed by atoms with Gasteiger partial charge in [-0.05, 0) is 0 Å². The van der Waals surface area contributed by atoms with Gasteiger partial charge in [0.25, 0.3) is 46.6 Å². The van der Waals surface area contributed by atoms with E-state index in [0.29, 0.717) is 0 Å². The second-order valence-electron chi connectivity index (χ2n) is 12.8. The van der Waals surface area contributed by atoms with E-state index in [-0.39, 0.29) is 0 Å². The van der Waals surface area contributed by atoms with Crippen molar-refractivity contribution in [3.8, 4) is 0 Å². The van der Waals surface area contributed by atoms with E-state index >= 15 is 0 Å². The number of rotatable bonds is 8. The van der Waals surface area contributed by atoms with Crippen LogP contribution in [0.3, 0.4) is 0 Å². The molecule has 0 spiro atoms. The van der Waals surface area contributed by atoms with Crippen molar-refractivity contribution in [3.63, 3.8) is 0 Å². The van der Waals surface area contributed by atoms with Crippen LogP contribution in [0.5, 0.6) is 0 Å². The summed E-state index contributed by atoms with van der Waals surface area (Å²) in [6.07, 6.45) is 35.2. The number of hydrogen-bond donors (Lipinski definition) is 8. The minimum atomic E-state index is 0.896. The van der Waals surface area contributed by atoms with Crippen LogP contribution in [0.15, 0.2) is 99.1 Å². The predicted octanol–water partition coefficient (Wildman–Crippen LogP) is -1.67. The maximum absolute atomic E-state index is 3.20. The van der Waals surface area contributed by atoms with Crippen molar-refractivity contribution in [2.24, 2.45) is 56.4 Å². The monoisotopic (exact) mass is 712 g/mol. The Hall–Kier alpha value is -6.32. The molecule has 0 saturated heterocycles. The molecule has 16 nitrogen and oxygen atoms in total. The Morgan fingerprint density at radius 1 is 0.250 bits per heavy atom. The summed E-state index contributed by atoms with van der Waals surface area (Å²) in [5, 5.41) is 0. The highest BCUT2D eigenvalue weighted by Gasteiger charge is 2.18. The van der Waals surface area contributed by atoms with Gasteiger partial charge in [0.15, 0.2) is 25.7 Å². The summed E-state index contributed by atoms with van der Waals surface area (Å²) in [6.45, 7) is 0. The standard InChI is InChI=1S/4C9H12N4/c4*1-12-5-3-10-8(12)7-9-11-4-6-13(9)2/h4*3-6H,7H2,1-2H3/p+8. The second-order valence-corrected chi connectivity index (χ2v) is 12.8. The van der Waals surface area contributed by atoms with E-state index in [1.807, 2.05) is 156 Å². The highest BCUT2D eigenvalue weighted by molar-refractivity contribution is 4.93. The minimum absolute atomic E-state index is 0.896. The first kappa shape index (κ1) is 36.9. The van der Waals surface area contributed by atoms with Crippen LogP contribution in [0.4, 0.5) is 0 Å². The van der Waals surface area contributed by atoms with Gasteiger partial charge < -0.3 is 0 Å². The highest BCUT2D eigenvalue weighted by Crippen LogP contribution is 1.97. The lowest BCUT2D eigenvalue weighted by Crippen LogP contribution is -2.35. The van der Waals surface area contributed by atoms with Gasteiger partial charge in [0.05, 0.1) is 56.4 Å². The lowest BCUT2D eigenvalue weighted by atomic mass is 10.4. The minimum Gasteiger partial charge on any atom is -0.247 e. The average molecular weight is 713 g/mol. The van der Waals surface area contributed by atoms with Gasteiger partial charge in [-0.3, -0.25) is 0 Å². The van der Waals surface area contributed by atoms with Gasteiger partial charge in [-0.15, -0.1) is 0 Å². The highest BCUT2D eigenvalue weighted by atomic mass is 15.1. The molecule has 0 radical (unpaired) electrons. The van der Waals surface area contributed by atoms with Gasteiger partial charge in [0.1, 0.15) is 99.1 Å². The number of imidazole rings is 8. The zero-order chi connectivity index (χ0) is 37.0. The Bertz CT molecular complexity index is 1760. The van der Waals surface area contributed by atoms with E-state index in [1.165, 1.54) is 46.6 Å². The van der Waals surface area contributed by atoms with Crippen molar-refractivity contribution in [1.29, 1.82) is 0 Å². The molecule has 52 heavy (non-hydrogen) atoms. The number of nitrogens with zero attached hydrogens (tertiary/aromatic N) is 8. The fraction of sp³-hybridized carbons (Fsp3) is 0.333. The topological polar surface area (TPSA) is 157 Å². The predicted molar refractivity (Wildman–Crippen MR) is 187 cm³/mol. The molecule has 8 aromatic rings. The van der Waals surface area contributed by atoms with Crippen molar-refractivity contribution >= 4 is 0 Å². The molecule has 8 aromatic heterocycles. The fourth-order valence-corrected chi connectivity index (χ4v) is 5.54. The smallest absolute Gasteiger partial charge is 0.247 e. The van der Waals surface area contributed by atoms with Crippen LogP contribution in [0, 0.1) is 0 Å². The van der Waals surface area contributed by atoms with Crippen LogP contribution in [-0.4, -0.2) is 39.9 Å². The molecule has 0 aromatic carbocycles. The first-order valence-electron chi connectivity index (χ1n) is 17.2. The largest absolute Gasteiger partial charge is 0.266 e. The Morgan fingerprint density at radius 2 is 0.365 bits per heavy atom. The molecule has 0 bridgehead atoms. The Kier molecular flexibility index (Phi) is 12.5. The molecule has 0 amide bonds. The Labute approximate surface area is 303 Å². The SMILES string of the molecule is C[n+]1cc[nH]c1Cc1[nH]cc[n+]1C.C[n+]1cc[nH]c1Cc1[nH]cc[n+]1C.C[n+]1cc[nH]c1Cc1[nH]cc[n+]1C.C[n+]1cc[nH]c1Cc1[nH]cc[n+]1C. The molecule has 0 fully saturated rings. The fourth-order valence-electron chi connectivity index (χ4n) is 5.54. The molecule has 0 atom stereocenters. The third kappa shape index (κ3) is 9.89. The number of aryl methyl sites for hydroxylation is 8. The third-order valence-electron chi connectivity index (χ3n) is 9.13. The van der Waals surface area contributed by atoms with Gasteiger partial charge in [0.2, 0.25) is 0 Å². The Balaban J connectivity index is 0.000000134. The van der Waals surface area contributed by atoms with Crippen molar-refractivity contribution in [1.82, 2.24) is 39.9 Å². The molecule has 8 heterocycles. The molecular weight excluding hydrogens is 657 g/mol. The molecule has 8 rings (SSSR count). The Morgan fingerprint density at radius 3 is 0.442 bits per heavy atom. The summed E-state index contributed by atoms with van der Waals surface area (Å²) in [4.78, 5) is 25.6. The molecule has 0 unspecified atom stereocenters. The summed E-state index contributed by atoms with van der Waals surface area (Å²) in [5.41, 5.74) is 0. The maximum atomic E-state index is 3.20. The summed E-state index contributed by atoms with van der Waals surface area (Å²) in [7, 11) is 16.3. The molecule has 272 valence electrons. The zero-order valence-electron chi connectivity index (χ0n) is 31.6. The van der Waals surface area contributed by atoms with Crippen LogP contribution in [0.1, 0.15) is 46.6 Å². The van der Waals surface area contributed by atoms with Crippen LogP contribution in [0.2, 0.25) is 0 Å². The van der Waals surface area contributed by atoms with Crippen LogP contribution < -0.4 is 36.5 Å². The normalized spacial score (nSPS) is 10.6. The maximum Gasteiger partial charge on any atom is 0.266 e. The lowest BCUT2D eigenvalue weighted by molar-refractivity contribution is -0.690. The molecule has 0 aliphatic heterocycles. The summed E-state index contributed by atoms with van der Waals surface area (Å²) in [6, 6.07) is 0. The molecule has 8 N–H and O–H groups in total. The van der Waals surface area contributed by atoms with Gasteiger partial charge in [-0.2, -0.15) is 0 Å².